The molecule has 0 saturated carbocycles. The number of nitrogens with one attached hydrogen (secondary N) is 1. The van der Waals surface area contributed by atoms with Gasteiger partial charge in [-0.25, -0.2) is 4.98 Å². The van der Waals surface area contributed by atoms with E-state index in [1.165, 1.54) is 24.8 Å². The molecule has 21 heavy (non-hydrogen) atoms. The van der Waals surface area contributed by atoms with E-state index in [4.69, 9.17) is 4.74 Å². The van der Waals surface area contributed by atoms with Crippen molar-refractivity contribution in [1.82, 2.24) is 15.2 Å². The fourth-order valence-corrected chi connectivity index (χ4v) is 3.24. The molecule has 0 spiro atoms. The van der Waals surface area contributed by atoms with Gasteiger partial charge in [-0.05, 0) is 30.9 Å². The van der Waals surface area contributed by atoms with E-state index >= 15 is 0 Å². The van der Waals surface area contributed by atoms with Gasteiger partial charge in [0.25, 0.3) is 0 Å². The van der Waals surface area contributed by atoms with Gasteiger partial charge in [-0.2, -0.15) is 0 Å². The van der Waals surface area contributed by atoms with Gasteiger partial charge in [0, 0.05) is 43.5 Å². The Balaban J connectivity index is 2.13. The van der Waals surface area contributed by atoms with E-state index in [2.05, 4.69) is 42.0 Å². The Hall–Kier alpha value is -1.13. The Kier molecular flexibility index (Phi) is 5.59. The highest BCUT2D eigenvalue weighted by Gasteiger charge is 2.35. The lowest BCUT2D eigenvalue weighted by Gasteiger charge is -2.47. The van der Waals surface area contributed by atoms with Crippen LogP contribution in [0.3, 0.4) is 0 Å². The maximum absolute atomic E-state index is 5.24. The highest BCUT2D eigenvalue weighted by Crippen LogP contribution is 2.25. The summed E-state index contributed by atoms with van der Waals surface area (Å²) in [5.74, 6) is 0.702. The van der Waals surface area contributed by atoms with Crippen molar-refractivity contribution in [2.24, 2.45) is 0 Å². The second-order valence-corrected chi connectivity index (χ2v) is 6.04. The first kappa shape index (κ1) is 16.2. The van der Waals surface area contributed by atoms with E-state index in [-0.39, 0.29) is 5.54 Å². The molecule has 118 valence electrons. The van der Waals surface area contributed by atoms with Gasteiger partial charge < -0.3 is 10.1 Å². The number of ether oxygens (including phenoxy) is 1. The number of piperazine rings is 1. The van der Waals surface area contributed by atoms with E-state index in [1.807, 2.05) is 12.3 Å². The quantitative estimate of drug-likeness (QED) is 0.874. The molecule has 2 heterocycles. The molecular formula is C17H29N3O. The molecule has 1 N–H and O–H groups in total. The molecule has 1 atom stereocenters. The molecule has 1 saturated heterocycles. The Morgan fingerprint density at radius 2 is 2.14 bits per heavy atom. The van der Waals surface area contributed by atoms with Crippen LogP contribution in [0.4, 0.5) is 0 Å². The molecule has 4 nitrogen and oxygen atoms in total. The molecule has 1 fully saturated rings. The third-order valence-electron chi connectivity index (χ3n) is 4.95. The summed E-state index contributed by atoms with van der Waals surface area (Å²) in [5.41, 5.74) is 1.55. The minimum Gasteiger partial charge on any atom is -0.481 e. The molecule has 1 aromatic heterocycles. The van der Waals surface area contributed by atoms with Crippen molar-refractivity contribution in [3.8, 4) is 5.88 Å². The van der Waals surface area contributed by atoms with Crippen molar-refractivity contribution in [3.63, 3.8) is 0 Å². The summed E-state index contributed by atoms with van der Waals surface area (Å²) >= 11 is 0. The number of nitrogens with zero attached hydrogens (tertiary/aromatic N) is 2. The van der Waals surface area contributed by atoms with Crippen molar-refractivity contribution < 1.29 is 4.74 Å². The second-order valence-electron chi connectivity index (χ2n) is 6.04. The van der Waals surface area contributed by atoms with Crippen molar-refractivity contribution >= 4 is 0 Å². The molecule has 0 bridgehead atoms. The molecule has 4 heteroatoms. The maximum Gasteiger partial charge on any atom is 0.213 e. The van der Waals surface area contributed by atoms with E-state index < -0.39 is 0 Å². The van der Waals surface area contributed by atoms with Crippen molar-refractivity contribution in [1.29, 1.82) is 0 Å². The minimum absolute atomic E-state index is 0.267. The summed E-state index contributed by atoms with van der Waals surface area (Å²) in [7, 11) is 1.67. The SMILES string of the molecule is CCC1CNC(CC)(CC)CN1Cc1ccnc(OC)c1. The van der Waals surface area contributed by atoms with Crippen molar-refractivity contribution in [2.45, 2.75) is 58.2 Å². The van der Waals surface area contributed by atoms with Crippen molar-refractivity contribution in [2.75, 3.05) is 20.2 Å². The summed E-state index contributed by atoms with van der Waals surface area (Å²) in [6.07, 6.45) is 5.37. The van der Waals surface area contributed by atoms with Crippen LogP contribution in [-0.2, 0) is 6.54 Å². The minimum atomic E-state index is 0.267. The molecule has 0 aromatic carbocycles. The lowest BCUT2D eigenvalue weighted by Crippen LogP contribution is -2.63. The van der Waals surface area contributed by atoms with Gasteiger partial charge >= 0.3 is 0 Å². The van der Waals surface area contributed by atoms with Crippen molar-refractivity contribution in [3.05, 3.63) is 23.9 Å². The van der Waals surface area contributed by atoms with Crippen LogP contribution in [-0.4, -0.2) is 41.7 Å². The van der Waals surface area contributed by atoms with Gasteiger partial charge in [-0.1, -0.05) is 20.8 Å². The Labute approximate surface area is 128 Å². The lowest BCUT2D eigenvalue weighted by molar-refractivity contribution is 0.0642. The first-order chi connectivity index (χ1) is 10.2. The zero-order valence-corrected chi connectivity index (χ0v) is 13.9. The van der Waals surface area contributed by atoms with E-state index in [9.17, 15) is 0 Å². The summed E-state index contributed by atoms with van der Waals surface area (Å²) in [6, 6.07) is 4.75. The highest BCUT2D eigenvalue weighted by atomic mass is 16.5. The number of hydrogen-bond acceptors (Lipinski definition) is 4. The smallest absolute Gasteiger partial charge is 0.213 e. The van der Waals surface area contributed by atoms with Gasteiger partial charge in [-0.3, -0.25) is 4.90 Å². The van der Waals surface area contributed by atoms with E-state index in [0.717, 1.165) is 19.6 Å². The molecule has 0 radical (unpaired) electrons. The first-order valence-electron chi connectivity index (χ1n) is 8.14. The third kappa shape index (κ3) is 3.74. The molecule has 2 rings (SSSR count). The fourth-order valence-electron chi connectivity index (χ4n) is 3.24. The van der Waals surface area contributed by atoms with Gasteiger partial charge in [0.2, 0.25) is 5.88 Å². The molecule has 0 aliphatic carbocycles. The maximum atomic E-state index is 5.24. The number of aromatic nitrogens is 1. The van der Waals surface area contributed by atoms with Crippen LogP contribution in [0.1, 0.15) is 45.6 Å². The van der Waals surface area contributed by atoms with Crippen LogP contribution in [0.5, 0.6) is 5.88 Å². The first-order valence-corrected chi connectivity index (χ1v) is 8.14. The second kappa shape index (κ2) is 7.23. The number of pyridine rings is 1. The third-order valence-corrected chi connectivity index (χ3v) is 4.95. The number of rotatable bonds is 6. The largest absolute Gasteiger partial charge is 0.481 e. The van der Waals surface area contributed by atoms with Gasteiger partial charge in [0.05, 0.1) is 7.11 Å². The summed E-state index contributed by atoms with van der Waals surface area (Å²) in [4.78, 5) is 6.82. The molecule has 1 aliphatic heterocycles. The lowest BCUT2D eigenvalue weighted by atomic mass is 9.88. The van der Waals surface area contributed by atoms with Crippen LogP contribution in [0.25, 0.3) is 0 Å². The number of hydrogen-bond donors (Lipinski definition) is 1. The van der Waals surface area contributed by atoms with Crippen LogP contribution in [0.15, 0.2) is 18.3 Å². The van der Waals surface area contributed by atoms with Crippen LogP contribution >= 0.6 is 0 Å². The average Bonchev–Trinajstić information content (AvgIpc) is 2.55. The number of methoxy groups -OCH3 is 1. The molecule has 1 aliphatic rings. The Morgan fingerprint density at radius 1 is 1.38 bits per heavy atom. The summed E-state index contributed by atoms with van der Waals surface area (Å²) < 4.78 is 5.24. The molecule has 0 amide bonds. The van der Waals surface area contributed by atoms with Gasteiger partial charge in [0.15, 0.2) is 0 Å². The normalized spacial score (nSPS) is 22.2. The van der Waals surface area contributed by atoms with E-state index in [1.54, 1.807) is 7.11 Å². The van der Waals surface area contributed by atoms with Crippen LogP contribution in [0, 0.1) is 0 Å². The van der Waals surface area contributed by atoms with E-state index in [0.29, 0.717) is 11.9 Å². The highest BCUT2D eigenvalue weighted by molar-refractivity contribution is 5.20. The topological polar surface area (TPSA) is 37.4 Å². The van der Waals surface area contributed by atoms with Gasteiger partial charge in [0.1, 0.15) is 0 Å². The predicted octanol–water partition coefficient (Wildman–Crippen LogP) is 2.83. The fraction of sp³-hybridized carbons (Fsp3) is 0.706. The Morgan fingerprint density at radius 3 is 2.76 bits per heavy atom. The average molecular weight is 291 g/mol. The standard InChI is InChI=1S/C17H29N3O/c1-5-15-11-19-17(6-2,7-3)13-20(15)12-14-8-9-18-16(10-14)21-4/h8-10,15,19H,5-7,11-13H2,1-4H3. The zero-order valence-electron chi connectivity index (χ0n) is 13.9. The van der Waals surface area contributed by atoms with Crippen LogP contribution < -0.4 is 10.1 Å². The summed E-state index contributed by atoms with van der Waals surface area (Å²) in [5, 5.41) is 3.79. The van der Waals surface area contributed by atoms with Crippen LogP contribution in [0.2, 0.25) is 0 Å². The molecule has 1 unspecified atom stereocenters. The Bertz CT molecular complexity index is 445. The summed E-state index contributed by atoms with van der Waals surface area (Å²) in [6.45, 7) is 10.0. The predicted molar refractivity (Wildman–Crippen MR) is 86.6 cm³/mol. The monoisotopic (exact) mass is 291 g/mol. The van der Waals surface area contributed by atoms with Gasteiger partial charge in [-0.15, -0.1) is 0 Å². The molecule has 1 aromatic rings. The zero-order chi connectivity index (χ0) is 15.3. The molecular weight excluding hydrogens is 262 g/mol.